The van der Waals surface area contributed by atoms with Gasteiger partial charge in [-0.1, -0.05) is 19.1 Å². The minimum absolute atomic E-state index is 0.0795. The molecule has 0 aromatic heterocycles. The molecule has 3 aliphatic carbocycles. The fraction of sp³-hybridized carbons (Fsp3) is 0.667. The van der Waals surface area contributed by atoms with Crippen molar-refractivity contribution in [3.63, 3.8) is 0 Å². The van der Waals surface area contributed by atoms with E-state index in [-0.39, 0.29) is 12.1 Å². The topological polar surface area (TPSA) is 26.3 Å². The summed E-state index contributed by atoms with van der Waals surface area (Å²) in [6, 6.07) is 0. The van der Waals surface area contributed by atoms with Crippen molar-refractivity contribution in [3.05, 3.63) is 23.3 Å². The molecule has 0 radical (unpaired) electrons. The van der Waals surface area contributed by atoms with E-state index in [9.17, 15) is 4.79 Å². The third kappa shape index (κ3) is 1.00. The summed E-state index contributed by atoms with van der Waals surface area (Å²) in [6.45, 7) is 8.62. The maximum Gasteiger partial charge on any atom is 0.334 e. The second-order valence-electron chi connectivity index (χ2n) is 6.53. The Hall–Kier alpha value is -1.05. The standard InChI is InChI=1S/C15H18O2/c1-7-9-4-12(9)15(3)6-13-10(5-11(7)15)8(2)14(16)17-13/h9,11-13H,1,4-6H2,2-3H3/t9-,11-,12-,13+,15-/m1/s1. The molecule has 17 heavy (non-hydrogen) atoms. The molecule has 3 saturated carbocycles. The summed E-state index contributed by atoms with van der Waals surface area (Å²) in [4.78, 5) is 11.6. The number of rotatable bonds is 0. The van der Waals surface area contributed by atoms with E-state index in [0.29, 0.717) is 11.3 Å². The summed E-state index contributed by atoms with van der Waals surface area (Å²) in [5, 5.41) is 0. The number of allylic oxidation sites excluding steroid dienone is 1. The van der Waals surface area contributed by atoms with Gasteiger partial charge in [0.05, 0.1) is 0 Å². The zero-order valence-corrected chi connectivity index (χ0v) is 10.5. The minimum atomic E-state index is -0.0912. The molecule has 0 bridgehead atoms. The van der Waals surface area contributed by atoms with E-state index < -0.39 is 0 Å². The van der Waals surface area contributed by atoms with Gasteiger partial charge in [0, 0.05) is 5.57 Å². The molecular weight excluding hydrogens is 212 g/mol. The third-order valence-electron chi connectivity index (χ3n) is 5.83. The highest BCUT2D eigenvalue weighted by Gasteiger charge is 2.65. The van der Waals surface area contributed by atoms with Crippen molar-refractivity contribution in [1.29, 1.82) is 0 Å². The highest BCUT2D eigenvalue weighted by atomic mass is 16.5. The van der Waals surface area contributed by atoms with Gasteiger partial charge in [0.1, 0.15) is 6.10 Å². The molecule has 0 unspecified atom stereocenters. The van der Waals surface area contributed by atoms with E-state index in [0.717, 1.165) is 30.3 Å². The lowest BCUT2D eigenvalue weighted by Gasteiger charge is -2.42. The Balaban J connectivity index is 1.77. The van der Waals surface area contributed by atoms with Crippen LogP contribution in [0.2, 0.25) is 0 Å². The molecule has 5 atom stereocenters. The van der Waals surface area contributed by atoms with Gasteiger partial charge in [-0.3, -0.25) is 0 Å². The molecule has 2 heteroatoms. The van der Waals surface area contributed by atoms with Crippen LogP contribution in [0.4, 0.5) is 0 Å². The minimum Gasteiger partial charge on any atom is -0.454 e. The SMILES string of the molecule is C=C1[C@H]2C[C@H]2[C@]2(C)C[C@@H]3OC(=O)C(C)=C3C[C@H]12. The van der Waals surface area contributed by atoms with Gasteiger partial charge in [-0.15, -0.1) is 0 Å². The smallest absolute Gasteiger partial charge is 0.334 e. The molecule has 0 aromatic rings. The van der Waals surface area contributed by atoms with E-state index in [2.05, 4.69) is 13.5 Å². The van der Waals surface area contributed by atoms with Crippen molar-refractivity contribution < 1.29 is 9.53 Å². The molecule has 0 aromatic carbocycles. The van der Waals surface area contributed by atoms with Gasteiger partial charge >= 0.3 is 5.97 Å². The first-order chi connectivity index (χ1) is 8.02. The molecule has 1 aliphatic heterocycles. The van der Waals surface area contributed by atoms with Crippen LogP contribution in [0, 0.1) is 23.2 Å². The van der Waals surface area contributed by atoms with E-state index in [1.807, 2.05) is 6.92 Å². The Labute approximate surface area is 102 Å². The van der Waals surface area contributed by atoms with Gasteiger partial charge in [-0.2, -0.15) is 0 Å². The molecule has 4 rings (SSSR count). The maximum absolute atomic E-state index is 11.6. The first kappa shape index (κ1) is 9.93. The molecule has 3 fully saturated rings. The lowest BCUT2D eigenvalue weighted by atomic mass is 9.63. The van der Waals surface area contributed by atoms with Crippen LogP contribution in [0.5, 0.6) is 0 Å². The first-order valence-corrected chi connectivity index (χ1v) is 6.61. The summed E-state index contributed by atoms with van der Waals surface area (Å²) in [5.74, 6) is 2.11. The normalized spacial score (nSPS) is 50.9. The first-order valence-electron chi connectivity index (χ1n) is 6.61. The molecular formula is C15H18O2. The second kappa shape index (κ2) is 2.68. The number of hydrogen-bond donors (Lipinski definition) is 0. The van der Waals surface area contributed by atoms with Gasteiger partial charge in [0.2, 0.25) is 0 Å². The number of fused-ring (bicyclic) bond motifs is 4. The van der Waals surface area contributed by atoms with Crippen molar-refractivity contribution in [2.45, 2.75) is 39.2 Å². The Morgan fingerprint density at radius 1 is 1.47 bits per heavy atom. The molecule has 2 nitrogen and oxygen atoms in total. The number of carbonyl (C=O) groups is 1. The van der Waals surface area contributed by atoms with Crippen molar-refractivity contribution in [3.8, 4) is 0 Å². The third-order valence-corrected chi connectivity index (χ3v) is 5.83. The monoisotopic (exact) mass is 230 g/mol. The van der Waals surface area contributed by atoms with Crippen LogP contribution >= 0.6 is 0 Å². The van der Waals surface area contributed by atoms with Crippen molar-refractivity contribution >= 4 is 5.97 Å². The average Bonchev–Trinajstić information content (AvgIpc) is 2.99. The highest BCUT2D eigenvalue weighted by Crippen LogP contribution is 2.71. The van der Waals surface area contributed by atoms with Crippen LogP contribution in [-0.2, 0) is 9.53 Å². The average molecular weight is 230 g/mol. The fourth-order valence-corrected chi connectivity index (χ4v) is 4.66. The van der Waals surface area contributed by atoms with Crippen molar-refractivity contribution in [1.82, 2.24) is 0 Å². The van der Waals surface area contributed by atoms with E-state index >= 15 is 0 Å². The van der Waals surface area contributed by atoms with Crippen LogP contribution in [0.1, 0.15) is 33.1 Å². The fourth-order valence-electron chi connectivity index (χ4n) is 4.66. The van der Waals surface area contributed by atoms with Gasteiger partial charge in [0.15, 0.2) is 0 Å². The molecule has 90 valence electrons. The Kier molecular flexibility index (Phi) is 1.56. The summed E-state index contributed by atoms with van der Waals surface area (Å²) in [7, 11) is 0. The zero-order valence-electron chi connectivity index (χ0n) is 10.5. The van der Waals surface area contributed by atoms with Gasteiger partial charge in [0.25, 0.3) is 0 Å². The predicted octanol–water partition coefficient (Wildman–Crippen LogP) is 2.85. The van der Waals surface area contributed by atoms with E-state index in [1.54, 1.807) is 0 Å². The highest BCUT2D eigenvalue weighted by molar-refractivity contribution is 5.91. The van der Waals surface area contributed by atoms with E-state index in [1.165, 1.54) is 17.6 Å². The van der Waals surface area contributed by atoms with E-state index in [4.69, 9.17) is 4.74 Å². The predicted molar refractivity (Wildman–Crippen MR) is 64.1 cm³/mol. The quantitative estimate of drug-likeness (QED) is 0.472. The molecule has 1 heterocycles. The lowest BCUT2D eigenvalue weighted by Crippen LogP contribution is -2.37. The molecule has 4 aliphatic rings. The summed E-state index contributed by atoms with van der Waals surface area (Å²) in [6.07, 6.45) is 3.45. The molecule has 0 spiro atoms. The van der Waals surface area contributed by atoms with Gasteiger partial charge in [-0.25, -0.2) is 4.79 Å². The van der Waals surface area contributed by atoms with Crippen LogP contribution < -0.4 is 0 Å². The second-order valence-corrected chi connectivity index (χ2v) is 6.53. The molecule has 0 saturated heterocycles. The summed E-state index contributed by atoms with van der Waals surface area (Å²) >= 11 is 0. The zero-order chi connectivity index (χ0) is 11.9. The number of ether oxygens (including phenoxy) is 1. The van der Waals surface area contributed by atoms with Crippen molar-refractivity contribution in [2.24, 2.45) is 23.2 Å². The number of esters is 1. The number of hydrogen-bond acceptors (Lipinski definition) is 2. The summed E-state index contributed by atoms with van der Waals surface area (Å²) < 4.78 is 5.51. The summed E-state index contributed by atoms with van der Waals surface area (Å²) in [5.41, 5.74) is 3.93. The molecule has 0 N–H and O–H groups in total. The van der Waals surface area contributed by atoms with Crippen LogP contribution in [0.3, 0.4) is 0 Å². The Morgan fingerprint density at radius 2 is 2.24 bits per heavy atom. The largest absolute Gasteiger partial charge is 0.454 e. The van der Waals surface area contributed by atoms with Crippen LogP contribution in [0.15, 0.2) is 23.3 Å². The van der Waals surface area contributed by atoms with Gasteiger partial charge < -0.3 is 4.74 Å². The maximum atomic E-state index is 11.6. The Bertz CT molecular complexity index is 487. The van der Waals surface area contributed by atoms with Gasteiger partial charge in [-0.05, 0) is 54.9 Å². The molecule has 0 amide bonds. The van der Waals surface area contributed by atoms with Crippen LogP contribution in [0.25, 0.3) is 0 Å². The lowest BCUT2D eigenvalue weighted by molar-refractivity contribution is -0.141. The van der Waals surface area contributed by atoms with Crippen molar-refractivity contribution in [2.75, 3.05) is 0 Å². The number of carbonyl (C=O) groups excluding carboxylic acids is 1. The van der Waals surface area contributed by atoms with Crippen LogP contribution in [-0.4, -0.2) is 12.1 Å². The Morgan fingerprint density at radius 3 is 3.00 bits per heavy atom.